The molecule has 0 aliphatic rings. The van der Waals surface area contributed by atoms with Gasteiger partial charge in [-0.1, -0.05) is 0 Å². The molecule has 2 aromatic rings. The zero-order valence-corrected chi connectivity index (χ0v) is 10.0. The Labute approximate surface area is 98.2 Å². The molecule has 0 bridgehead atoms. The van der Waals surface area contributed by atoms with E-state index in [2.05, 4.69) is 28.0 Å². The summed E-state index contributed by atoms with van der Waals surface area (Å²) in [6.45, 7) is 2.06. The van der Waals surface area contributed by atoms with Crippen LogP contribution in [-0.4, -0.2) is 12.0 Å². The lowest BCUT2D eigenvalue weighted by atomic mass is 10.0. The molecule has 0 fully saturated rings. The summed E-state index contributed by atoms with van der Waals surface area (Å²) >= 11 is 1.65. The molecule has 2 rings (SSSR count). The second kappa shape index (κ2) is 4.72. The number of thiophene rings is 1. The number of pyridine rings is 1. The smallest absolute Gasteiger partial charge is 0.141 e. The van der Waals surface area contributed by atoms with Gasteiger partial charge in [-0.3, -0.25) is 4.98 Å². The highest BCUT2D eigenvalue weighted by Crippen LogP contribution is 2.27. The van der Waals surface area contributed by atoms with Crippen LogP contribution in [0.15, 0.2) is 29.2 Å². The molecule has 1 N–H and O–H groups in total. The van der Waals surface area contributed by atoms with Crippen molar-refractivity contribution in [2.24, 2.45) is 0 Å². The molecule has 2 nitrogen and oxygen atoms in total. The molecule has 1 atom stereocenters. The van der Waals surface area contributed by atoms with Crippen LogP contribution in [0.4, 0.5) is 4.39 Å². The van der Waals surface area contributed by atoms with Gasteiger partial charge in [-0.2, -0.15) is 11.3 Å². The Bertz CT molecular complexity index is 481. The zero-order valence-electron chi connectivity index (χ0n) is 9.20. The number of hydrogen-bond donors (Lipinski definition) is 1. The number of nitrogens with zero attached hydrogens (tertiary/aromatic N) is 1. The van der Waals surface area contributed by atoms with E-state index in [-0.39, 0.29) is 11.9 Å². The normalized spacial score (nSPS) is 12.7. The van der Waals surface area contributed by atoms with Crippen LogP contribution in [0.1, 0.15) is 22.7 Å². The third kappa shape index (κ3) is 2.13. The largest absolute Gasteiger partial charge is 0.309 e. The molecular formula is C12H13FN2S. The summed E-state index contributed by atoms with van der Waals surface area (Å²) in [7, 11) is 1.87. The van der Waals surface area contributed by atoms with Crippen LogP contribution in [0.2, 0.25) is 0 Å². The fourth-order valence-electron chi connectivity index (χ4n) is 1.75. The fourth-order valence-corrected chi connectivity index (χ4v) is 2.63. The molecule has 4 heteroatoms. The third-order valence-corrected chi connectivity index (χ3v) is 3.43. The second-order valence-electron chi connectivity index (χ2n) is 3.67. The molecular weight excluding hydrogens is 223 g/mol. The Hall–Kier alpha value is -1.26. The molecule has 0 aromatic carbocycles. The molecule has 1 unspecified atom stereocenters. The molecule has 0 aliphatic carbocycles. The lowest BCUT2D eigenvalue weighted by Crippen LogP contribution is -2.18. The van der Waals surface area contributed by atoms with Gasteiger partial charge in [0.15, 0.2) is 0 Å². The van der Waals surface area contributed by atoms with E-state index in [1.54, 1.807) is 17.5 Å². The van der Waals surface area contributed by atoms with Crippen LogP contribution in [0.3, 0.4) is 0 Å². The lowest BCUT2D eigenvalue weighted by molar-refractivity contribution is 0.608. The van der Waals surface area contributed by atoms with E-state index in [9.17, 15) is 4.39 Å². The predicted molar refractivity (Wildman–Crippen MR) is 64.2 cm³/mol. The SMILES string of the molecule is CNC(c1cncc(F)c1)c1cscc1C. The van der Waals surface area contributed by atoms with Crippen LogP contribution >= 0.6 is 11.3 Å². The van der Waals surface area contributed by atoms with Crippen LogP contribution in [0.25, 0.3) is 0 Å². The lowest BCUT2D eigenvalue weighted by Gasteiger charge is -2.16. The van der Waals surface area contributed by atoms with Gasteiger partial charge in [-0.05, 0) is 47.5 Å². The summed E-state index contributed by atoms with van der Waals surface area (Å²) in [6.07, 6.45) is 2.91. The van der Waals surface area contributed by atoms with Gasteiger partial charge < -0.3 is 5.32 Å². The number of aryl methyl sites for hydroxylation is 1. The monoisotopic (exact) mass is 236 g/mol. The minimum Gasteiger partial charge on any atom is -0.309 e. The Morgan fingerprint density at radius 3 is 2.75 bits per heavy atom. The molecule has 84 valence electrons. The van der Waals surface area contributed by atoms with Crippen LogP contribution in [0, 0.1) is 12.7 Å². The first-order valence-electron chi connectivity index (χ1n) is 5.02. The van der Waals surface area contributed by atoms with Gasteiger partial charge in [0.25, 0.3) is 0 Å². The molecule has 2 aromatic heterocycles. The third-order valence-electron chi connectivity index (χ3n) is 2.55. The highest BCUT2D eigenvalue weighted by Gasteiger charge is 2.15. The highest BCUT2D eigenvalue weighted by molar-refractivity contribution is 7.08. The maximum absolute atomic E-state index is 13.1. The van der Waals surface area contributed by atoms with Crippen molar-refractivity contribution in [1.29, 1.82) is 0 Å². The Morgan fingerprint density at radius 2 is 2.19 bits per heavy atom. The topological polar surface area (TPSA) is 24.9 Å². The minimum absolute atomic E-state index is 0.00875. The summed E-state index contributed by atoms with van der Waals surface area (Å²) in [5.41, 5.74) is 3.25. The van der Waals surface area contributed by atoms with Crippen molar-refractivity contribution in [2.45, 2.75) is 13.0 Å². The van der Waals surface area contributed by atoms with Gasteiger partial charge in [0.1, 0.15) is 5.82 Å². The van der Waals surface area contributed by atoms with Crippen LogP contribution in [-0.2, 0) is 0 Å². The summed E-state index contributed by atoms with van der Waals surface area (Å²) in [5, 5.41) is 7.36. The Balaban J connectivity index is 2.40. The van der Waals surface area contributed by atoms with Crippen molar-refractivity contribution < 1.29 is 4.39 Å². The van der Waals surface area contributed by atoms with Gasteiger partial charge in [-0.25, -0.2) is 4.39 Å². The van der Waals surface area contributed by atoms with Gasteiger partial charge >= 0.3 is 0 Å². The summed E-state index contributed by atoms with van der Waals surface area (Å²) in [6, 6.07) is 1.53. The van der Waals surface area contributed by atoms with E-state index >= 15 is 0 Å². The van der Waals surface area contributed by atoms with E-state index in [1.165, 1.54) is 23.4 Å². The predicted octanol–water partition coefficient (Wildman–Crippen LogP) is 2.90. The summed E-state index contributed by atoms with van der Waals surface area (Å²) < 4.78 is 13.1. The first-order chi connectivity index (χ1) is 7.72. The van der Waals surface area contributed by atoms with Crippen molar-refractivity contribution in [3.8, 4) is 0 Å². The number of halogens is 1. The molecule has 0 spiro atoms. The molecule has 0 amide bonds. The van der Waals surface area contributed by atoms with E-state index in [4.69, 9.17) is 0 Å². The van der Waals surface area contributed by atoms with E-state index < -0.39 is 0 Å². The Kier molecular flexibility index (Phi) is 3.31. The number of hydrogen-bond acceptors (Lipinski definition) is 3. The van der Waals surface area contributed by atoms with Gasteiger partial charge in [0.05, 0.1) is 12.2 Å². The maximum atomic E-state index is 13.1. The van der Waals surface area contributed by atoms with Crippen molar-refractivity contribution in [3.05, 3.63) is 51.7 Å². The van der Waals surface area contributed by atoms with Gasteiger partial charge in [0, 0.05) is 6.20 Å². The van der Waals surface area contributed by atoms with E-state index in [0.717, 1.165) is 5.56 Å². The fraction of sp³-hybridized carbons (Fsp3) is 0.250. The number of nitrogens with one attached hydrogen (secondary N) is 1. The standard InChI is InChI=1S/C12H13FN2S/c1-8-6-16-7-11(8)12(14-2)9-3-10(13)5-15-4-9/h3-7,12,14H,1-2H3. The second-order valence-corrected chi connectivity index (χ2v) is 4.41. The van der Waals surface area contributed by atoms with Crippen molar-refractivity contribution >= 4 is 11.3 Å². The number of aromatic nitrogens is 1. The van der Waals surface area contributed by atoms with Crippen LogP contribution in [0.5, 0.6) is 0 Å². The molecule has 2 heterocycles. The number of rotatable bonds is 3. The highest BCUT2D eigenvalue weighted by atomic mass is 32.1. The average Bonchev–Trinajstić information content (AvgIpc) is 2.67. The molecule has 0 saturated carbocycles. The quantitative estimate of drug-likeness (QED) is 0.886. The van der Waals surface area contributed by atoms with Crippen molar-refractivity contribution in [2.75, 3.05) is 7.05 Å². The maximum Gasteiger partial charge on any atom is 0.141 e. The first kappa shape index (κ1) is 11.2. The summed E-state index contributed by atoms with van der Waals surface area (Å²) in [4.78, 5) is 3.88. The zero-order chi connectivity index (χ0) is 11.5. The molecule has 16 heavy (non-hydrogen) atoms. The van der Waals surface area contributed by atoms with Gasteiger partial charge in [0.2, 0.25) is 0 Å². The van der Waals surface area contributed by atoms with Crippen molar-refractivity contribution in [1.82, 2.24) is 10.3 Å². The van der Waals surface area contributed by atoms with E-state index in [1.807, 2.05) is 7.05 Å². The average molecular weight is 236 g/mol. The van der Waals surface area contributed by atoms with Crippen molar-refractivity contribution in [3.63, 3.8) is 0 Å². The summed E-state index contributed by atoms with van der Waals surface area (Å²) in [5.74, 6) is -0.300. The first-order valence-corrected chi connectivity index (χ1v) is 5.97. The molecule has 0 radical (unpaired) electrons. The van der Waals surface area contributed by atoms with E-state index in [0.29, 0.717) is 0 Å². The minimum atomic E-state index is -0.300. The molecule has 0 aliphatic heterocycles. The van der Waals surface area contributed by atoms with Crippen LogP contribution < -0.4 is 5.32 Å². The Morgan fingerprint density at radius 1 is 1.38 bits per heavy atom. The molecule has 0 saturated heterocycles. The van der Waals surface area contributed by atoms with Gasteiger partial charge in [-0.15, -0.1) is 0 Å².